The smallest absolute Gasteiger partial charge is 0.222 e. The van der Waals surface area contributed by atoms with E-state index in [2.05, 4.69) is 45.8 Å². The molecule has 0 saturated heterocycles. The van der Waals surface area contributed by atoms with E-state index in [1.54, 1.807) is 12.1 Å². The summed E-state index contributed by atoms with van der Waals surface area (Å²) in [6, 6.07) is 15.2. The number of nitrogen functional groups attached to an aromatic ring is 1. The molecular formula is C22H27ClN6O. The Bertz CT molecular complexity index is 980. The Morgan fingerprint density at radius 3 is 2.60 bits per heavy atom. The van der Waals surface area contributed by atoms with Crippen molar-refractivity contribution in [1.29, 1.82) is 0 Å². The third-order valence-electron chi connectivity index (χ3n) is 4.77. The van der Waals surface area contributed by atoms with E-state index >= 15 is 0 Å². The number of hydrogen-bond donors (Lipinski definition) is 5. The molecule has 0 aliphatic rings. The van der Waals surface area contributed by atoms with Crippen molar-refractivity contribution in [2.24, 2.45) is 0 Å². The molecule has 2 aromatic carbocycles. The molecule has 3 rings (SSSR count). The Hall–Kier alpha value is -2.87. The van der Waals surface area contributed by atoms with Crippen molar-refractivity contribution >= 4 is 29.1 Å². The second kappa shape index (κ2) is 10.2. The first-order valence-corrected chi connectivity index (χ1v) is 10.2. The average molecular weight is 427 g/mol. The van der Waals surface area contributed by atoms with Crippen LogP contribution in [0.5, 0.6) is 0 Å². The van der Waals surface area contributed by atoms with Gasteiger partial charge in [-0.1, -0.05) is 29.8 Å². The molecule has 7 nitrogen and oxygen atoms in total. The van der Waals surface area contributed by atoms with Crippen LogP contribution in [0, 0.1) is 13.8 Å². The number of halogens is 1. The molecule has 1 heterocycles. The van der Waals surface area contributed by atoms with Crippen molar-refractivity contribution in [2.75, 3.05) is 29.5 Å². The van der Waals surface area contributed by atoms with E-state index in [9.17, 15) is 5.11 Å². The Morgan fingerprint density at radius 2 is 1.83 bits per heavy atom. The van der Waals surface area contributed by atoms with Gasteiger partial charge in [0.25, 0.3) is 0 Å². The van der Waals surface area contributed by atoms with Crippen LogP contribution in [-0.4, -0.2) is 34.5 Å². The molecule has 0 bridgehead atoms. The Balaban J connectivity index is 1.48. The van der Waals surface area contributed by atoms with Gasteiger partial charge in [-0.15, -0.1) is 0 Å². The topological polar surface area (TPSA) is 108 Å². The maximum Gasteiger partial charge on any atom is 0.222 e. The highest BCUT2D eigenvalue weighted by Gasteiger charge is 2.09. The van der Waals surface area contributed by atoms with Gasteiger partial charge in [-0.25, -0.2) is 4.98 Å². The first-order chi connectivity index (χ1) is 14.4. The highest BCUT2D eigenvalue weighted by Crippen LogP contribution is 2.26. The molecule has 158 valence electrons. The van der Waals surface area contributed by atoms with Gasteiger partial charge in [0.15, 0.2) is 6.35 Å². The molecule has 1 aromatic heterocycles. The SMILES string of the molecule is Cc1cccc(-c2cc(NCCCNC(O)Nc3ccc(Cl)cc3)nc(N)n2)c1C. The predicted molar refractivity (Wildman–Crippen MR) is 124 cm³/mol. The second-order valence-electron chi connectivity index (χ2n) is 7.03. The van der Waals surface area contributed by atoms with Crippen molar-refractivity contribution in [2.45, 2.75) is 26.6 Å². The standard InChI is InChI=1S/C22H27ClN6O/c1-14-5-3-6-18(15(14)2)19-13-20(29-21(24)28-19)25-11-4-12-26-22(30)27-17-9-7-16(23)8-10-17/h3,5-10,13,22,26-27,30H,4,11-12H2,1-2H3,(H3,24,25,28,29). The number of aryl methyl sites for hydroxylation is 1. The highest BCUT2D eigenvalue weighted by atomic mass is 35.5. The van der Waals surface area contributed by atoms with E-state index in [1.807, 2.05) is 30.3 Å². The minimum absolute atomic E-state index is 0.233. The summed E-state index contributed by atoms with van der Waals surface area (Å²) in [5.41, 5.74) is 10.9. The van der Waals surface area contributed by atoms with Gasteiger partial charge in [0.1, 0.15) is 5.82 Å². The Labute approximate surface area is 181 Å². The summed E-state index contributed by atoms with van der Waals surface area (Å²) in [6.07, 6.45) is -0.0704. The molecule has 30 heavy (non-hydrogen) atoms. The zero-order chi connectivity index (χ0) is 21.5. The molecule has 8 heteroatoms. The number of aliphatic hydroxyl groups excluding tert-OH is 1. The van der Waals surface area contributed by atoms with Gasteiger partial charge in [-0.2, -0.15) is 4.98 Å². The minimum atomic E-state index is -0.850. The summed E-state index contributed by atoms with van der Waals surface area (Å²) in [5.74, 6) is 0.912. The molecule has 1 unspecified atom stereocenters. The van der Waals surface area contributed by atoms with E-state index in [1.165, 1.54) is 11.1 Å². The second-order valence-corrected chi connectivity index (χ2v) is 7.47. The number of nitrogens with zero attached hydrogens (tertiary/aromatic N) is 2. The van der Waals surface area contributed by atoms with Crippen LogP contribution in [-0.2, 0) is 0 Å². The van der Waals surface area contributed by atoms with E-state index in [-0.39, 0.29) is 5.95 Å². The monoisotopic (exact) mass is 426 g/mol. The Kier molecular flexibility index (Phi) is 7.46. The van der Waals surface area contributed by atoms with Crippen LogP contribution in [0.2, 0.25) is 5.02 Å². The van der Waals surface area contributed by atoms with Crippen LogP contribution in [0.1, 0.15) is 17.5 Å². The fourth-order valence-electron chi connectivity index (χ4n) is 3.02. The number of aliphatic hydroxyl groups is 1. The third-order valence-corrected chi connectivity index (χ3v) is 5.02. The molecule has 6 N–H and O–H groups in total. The first kappa shape index (κ1) is 21.8. The van der Waals surface area contributed by atoms with E-state index in [0.717, 1.165) is 23.4 Å². The Morgan fingerprint density at radius 1 is 1.07 bits per heavy atom. The highest BCUT2D eigenvalue weighted by molar-refractivity contribution is 6.30. The van der Waals surface area contributed by atoms with Gasteiger partial charge in [-0.05, 0) is 55.7 Å². The van der Waals surface area contributed by atoms with Crippen LogP contribution in [0.4, 0.5) is 17.5 Å². The van der Waals surface area contributed by atoms with Crippen molar-refractivity contribution in [1.82, 2.24) is 15.3 Å². The van der Waals surface area contributed by atoms with Gasteiger partial charge in [0, 0.05) is 35.4 Å². The summed E-state index contributed by atoms with van der Waals surface area (Å²) in [6.45, 7) is 5.43. The third kappa shape index (κ3) is 6.06. The molecule has 0 amide bonds. The lowest BCUT2D eigenvalue weighted by atomic mass is 10.0. The van der Waals surface area contributed by atoms with Gasteiger partial charge >= 0.3 is 0 Å². The lowest BCUT2D eigenvalue weighted by Gasteiger charge is -2.16. The first-order valence-electron chi connectivity index (χ1n) is 9.81. The number of anilines is 3. The molecule has 3 aromatic rings. The van der Waals surface area contributed by atoms with E-state index in [0.29, 0.717) is 23.9 Å². The number of aromatic nitrogens is 2. The van der Waals surface area contributed by atoms with Crippen LogP contribution in [0.3, 0.4) is 0 Å². The van der Waals surface area contributed by atoms with Crippen LogP contribution >= 0.6 is 11.6 Å². The number of nitrogens with one attached hydrogen (secondary N) is 3. The number of benzene rings is 2. The van der Waals surface area contributed by atoms with Gasteiger partial charge in [0.05, 0.1) is 5.69 Å². The van der Waals surface area contributed by atoms with Crippen molar-refractivity contribution < 1.29 is 5.11 Å². The predicted octanol–water partition coefficient (Wildman–Crippen LogP) is 3.78. The minimum Gasteiger partial charge on any atom is -0.370 e. The fraction of sp³-hybridized carbons (Fsp3) is 0.273. The summed E-state index contributed by atoms with van der Waals surface area (Å²) in [7, 11) is 0. The molecule has 1 atom stereocenters. The molecule has 0 aliphatic carbocycles. The maximum absolute atomic E-state index is 10.0. The molecule has 0 saturated carbocycles. The van der Waals surface area contributed by atoms with Crippen molar-refractivity contribution in [3.05, 3.63) is 64.7 Å². The summed E-state index contributed by atoms with van der Waals surface area (Å²) < 4.78 is 0. The molecular weight excluding hydrogens is 400 g/mol. The summed E-state index contributed by atoms with van der Waals surface area (Å²) >= 11 is 5.86. The van der Waals surface area contributed by atoms with Gasteiger partial charge in [-0.3, -0.25) is 5.32 Å². The van der Waals surface area contributed by atoms with Crippen LogP contribution in [0.25, 0.3) is 11.3 Å². The summed E-state index contributed by atoms with van der Waals surface area (Å²) in [5, 5.41) is 19.9. The lowest BCUT2D eigenvalue weighted by Crippen LogP contribution is -2.37. The number of nitrogens with two attached hydrogens (primary N) is 1. The van der Waals surface area contributed by atoms with Crippen molar-refractivity contribution in [3.8, 4) is 11.3 Å². The number of rotatable bonds is 9. The maximum atomic E-state index is 10.0. The largest absolute Gasteiger partial charge is 0.370 e. The van der Waals surface area contributed by atoms with Crippen molar-refractivity contribution in [3.63, 3.8) is 0 Å². The lowest BCUT2D eigenvalue weighted by molar-refractivity contribution is 0.165. The zero-order valence-corrected chi connectivity index (χ0v) is 17.9. The van der Waals surface area contributed by atoms with Crippen LogP contribution < -0.4 is 21.7 Å². The number of hydrogen-bond acceptors (Lipinski definition) is 7. The molecule has 0 fully saturated rings. The van der Waals surface area contributed by atoms with Gasteiger partial charge < -0.3 is 21.5 Å². The van der Waals surface area contributed by atoms with Crippen LogP contribution in [0.15, 0.2) is 48.5 Å². The fourth-order valence-corrected chi connectivity index (χ4v) is 3.15. The molecule has 0 spiro atoms. The zero-order valence-electron chi connectivity index (χ0n) is 17.1. The molecule has 0 aliphatic heterocycles. The quantitative estimate of drug-likeness (QED) is 0.262. The van der Waals surface area contributed by atoms with E-state index < -0.39 is 6.35 Å². The van der Waals surface area contributed by atoms with Gasteiger partial charge in [0.2, 0.25) is 5.95 Å². The molecule has 0 radical (unpaired) electrons. The average Bonchev–Trinajstić information content (AvgIpc) is 2.71. The normalized spacial score (nSPS) is 11.9. The summed E-state index contributed by atoms with van der Waals surface area (Å²) in [4.78, 5) is 8.65. The van der Waals surface area contributed by atoms with E-state index in [4.69, 9.17) is 17.3 Å².